The maximum Gasteiger partial charge on any atom is 0.0639 e. The molecule has 1 atom stereocenters. The van der Waals surface area contributed by atoms with E-state index < -0.39 is 0 Å². The molecular formula is C17H22Cl2O2. The lowest BCUT2D eigenvalue weighted by molar-refractivity contribution is -0.00979. The van der Waals surface area contributed by atoms with E-state index in [1.807, 2.05) is 18.2 Å². The van der Waals surface area contributed by atoms with E-state index in [0.29, 0.717) is 16.0 Å². The van der Waals surface area contributed by atoms with Gasteiger partial charge < -0.3 is 9.84 Å². The van der Waals surface area contributed by atoms with E-state index in [0.717, 1.165) is 50.9 Å². The molecule has 21 heavy (non-hydrogen) atoms. The van der Waals surface area contributed by atoms with Gasteiger partial charge in [0.2, 0.25) is 0 Å². The highest BCUT2D eigenvalue weighted by molar-refractivity contribution is 6.42. The molecule has 1 N–H and O–H groups in total. The number of halogens is 2. The fraction of sp³-hybridized carbons (Fsp3) is 0.647. The Morgan fingerprint density at radius 1 is 1.19 bits per heavy atom. The lowest BCUT2D eigenvalue weighted by Gasteiger charge is -2.47. The highest BCUT2D eigenvalue weighted by Gasteiger charge is 2.45. The SMILES string of the molecule is OC(CC1CCOCC1)C1(c2ccc(Cl)c(Cl)c2)CCC1. The van der Waals surface area contributed by atoms with Gasteiger partial charge in [0.25, 0.3) is 0 Å². The zero-order valence-electron chi connectivity index (χ0n) is 12.2. The largest absolute Gasteiger partial charge is 0.392 e. The number of benzene rings is 1. The average Bonchev–Trinajstić information content (AvgIpc) is 2.42. The van der Waals surface area contributed by atoms with Crippen LogP contribution in [0.15, 0.2) is 18.2 Å². The predicted molar refractivity (Wildman–Crippen MR) is 86.2 cm³/mol. The summed E-state index contributed by atoms with van der Waals surface area (Å²) >= 11 is 12.2. The molecule has 0 bridgehead atoms. The molecule has 2 nitrogen and oxygen atoms in total. The van der Waals surface area contributed by atoms with Gasteiger partial charge in [-0.05, 0) is 55.7 Å². The number of rotatable bonds is 4. The van der Waals surface area contributed by atoms with Gasteiger partial charge in [-0.2, -0.15) is 0 Å². The van der Waals surface area contributed by atoms with E-state index in [1.165, 1.54) is 6.42 Å². The van der Waals surface area contributed by atoms with Crippen LogP contribution in [0.2, 0.25) is 10.0 Å². The molecular weight excluding hydrogens is 307 g/mol. The second-order valence-electron chi connectivity index (χ2n) is 6.45. The summed E-state index contributed by atoms with van der Waals surface area (Å²) in [7, 11) is 0. The molecule has 2 fully saturated rings. The van der Waals surface area contributed by atoms with Crippen LogP contribution in [0, 0.1) is 5.92 Å². The number of aliphatic hydroxyl groups excluding tert-OH is 1. The molecule has 4 heteroatoms. The summed E-state index contributed by atoms with van der Waals surface area (Å²) in [6.07, 6.45) is 5.94. The Labute approximate surface area is 136 Å². The van der Waals surface area contributed by atoms with Crippen LogP contribution in [0.4, 0.5) is 0 Å². The Morgan fingerprint density at radius 3 is 2.48 bits per heavy atom. The molecule has 1 saturated heterocycles. The Balaban J connectivity index is 1.76. The summed E-state index contributed by atoms with van der Waals surface area (Å²) in [5, 5.41) is 12.0. The normalized spacial score (nSPS) is 23.6. The zero-order chi connectivity index (χ0) is 14.9. The summed E-state index contributed by atoms with van der Waals surface area (Å²) in [6, 6.07) is 5.82. The monoisotopic (exact) mass is 328 g/mol. The van der Waals surface area contributed by atoms with Crippen LogP contribution < -0.4 is 0 Å². The number of ether oxygens (including phenoxy) is 1. The lowest BCUT2D eigenvalue weighted by atomic mass is 9.59. The number of hydrogen-bond acceptors (Lipinski definition) is 2. The lowest BCUT2D eigenvalue weighted by Crippen LogP contribution is -2.46. The molecule has 0 radical (unpaired) electrons. The molecule has 2 aliphatic rings. The van der Waals surface area contributed by atoms with Crippen molar-refractivity contribution in [3.63, 3.8) is 0 Å². The molecule has 1 saturated carbocycles. The summed E-state index contributed by atoms with van der Waals surface area (Å²) in [5.41, 5.74) is 1.02. The van der Waals surface area contributed by atoms with Crippen molar-refractivity contribution in [2.24, 2.45) is 5.92 Å². The van der Waals surface area contributed by atoms with Crippen molar-refractivity contribution in [3.05, 3.63) is 33.8 Å². The van der Waals surface area contributed by atoms with E-state index in [1.54, 1.807) is 0 Å². The van der Waals surface area contributed by atoms with Gasteiger partial charge in [-0.1, -0.05) is 35.7 Å². The van der Waals surface area contributed by atoms with Crippen LogP contribution in [0.3, 0.4) is 0 Å². The van der Waals surface area contributed by atoms with Gasteiger partial charge in [-0.3, -0.25) is 0 Å². The van der Waals surface area contributed by atoms with Crippen molar-refractivity contribution in [2.45, 2.75) is 50.0 Å². The number of aliphatic hydroxyl groups is 1. The fourth-order valence-electron chi connectivity index (χ4n) is 3.70. The third-order valence-corrected chi connectivity index (χ3v) is 6.01. The first-order valence-corrected chi connectivity index (χ1v) is 8.59. The van der Waals surface area contributed by atoms with Crippen molar-refractivity contribution in [3.8, 4) is 0 Å². The van der Waals surface area contributed by atoms with Gasteiger partial charge in [0, 0.05) is 18.6 Å². The van der Waals surface area contributed by atoms with Crippen LogP contribution in [0.25, 0.3) is 0 Å². The van der Waals surface area contributed by atoms with Crippen molar-refractivity contribution in [1.82, 2.24) is 0 Å². The van der Waals surface area contributed by atoms with Gasteiger partial charge >= 0.3 is 0 Å². The quantitative estimate of drug-likeness (QED) is 0.875. The van der Waals surface area contributed by atoms with Gasteiger partial charge in [-0.25, -0.2) is 0 Å². The van der Waals surface area contributed by atoms with Crippen LogP contribution >= 0.6 is 23.2 Å². The maximum atomic E-state index is 10.9. The predicted octanol–water partition coefficient (Wildman–Crippen LogP) is 4.59. The Hall–Kier alpha value is -0.280. The van der Waals surface area contributed by atoms with E-state index in [4.69, 9.17) is 27.9 Å². The van der Waals surface area contributed by atoms with E-state index in [2.05, 4.69) is 0 Å². The third kappa shape index (κ3) is 3.10. The minimum atomic E-state index is -0.299. The summed E-state index contributed by atoms with van der Waals surface area (Å²) in [6.45, 7) is 1.66. The summed E-state index contributed by atoms with van der Waals surface area (Å²) in [4.78, 5) is 0. The van der Waals surface area contributed by atoms with Gasteiger partial charge in [-0.15, -0.1) is 0 Å². The minimum Gasteiger partial charge on any atom is -0.392 e. The topological polar surface area (TPSA) is 29.5 Å². The van der Waals surface area contributed by atoms with Crippen LogP contribution in [-0.2, 0) is 10.2 Å². The van der Waals surface area contributed by atoms with Crippen molar-refractivity contribution < 1.29 is 9.84 Å². The van der Waals surface area contributed by atoms with E-state index >= 15 is 0 Å². The number of hydrogen-bond donors (Lipinski definition) is 1. The summed E-state index contributed by atoms with van der Waals surface area (Å²) in [5.74, 6) is 0.578. The molecule has 3 rings (SSSR count). The van der Waals surface area contributed by atoms with Crippen LogP contribution in [0.5, 0.6) is 0 Å². The smallest absolute Gasteiger partial charge is 0.0639 e. The van der Waals surface area contributed by atoms with E-state index in [-0.39, 0.29) is 11.5 Å². The van der Waals surface area contributed by atoms with E-state index in [9.17, 15) is 5.11 Å². The molecule has 1 aliphatic heterocycles. The zero-order valence-corrected chi connectivity index (χ0v) is 13.7. The molecule has 1 aromatic carbocycles. The van der Waals surface area contributed by atoms with Crippen molar-refractivity contribution in [2.75, 3.05) is 13.2 Å². The van der Waals surface area contributed by atoms with Crippen molar-refractivity contribution in [1.29, 1.82) is 0 Å². The fourth-order valence-corrected chi connectivity index (χ4v) is 4.00. The molecule has 1 aromatic rings. The van der Waals surface area contributed by atoms with Crippen molar-refractivity contribution >= 4 is 23.2 Å². The highest BCUT2D eigenvalue weighted by Crippen LogP contribution is 2.49. The Bertz CT molecular complexity index is 494. The standard InChI is InChI=1S/C17H22Cl2O2/c18-14-3-2-13(11-15(14)19)17(6-1-7-17)16(20)10-12-4-8-21-9-5-12/h2-3,11-12,16,20H,1,4-10H2. The van der Waals surface area contributed by atoms with Gasteiger partial charge in [0.15, 0.2) is 0 Å². The molecule has 1 heterocycles. The Morgan fingerprint density at radius 2 is 1.90 bits per heavy atom. The second-order valence-corrected chi connectivity index (χ2v) is 7.26. The Kier molecular flexibility index (Phi) is 4.80. The molecule has 116 valence electrons. The molecule has 0 spiro atoms. The third-order valence-electron chi connectivity index (χ3n) is 5.28. The first-order valence-electron chi connectivity index (χ1n) is 7.83. The maximum absolute atomic E-state index is 10.9. The first kappa shape index (κ1) is 15.6. The second kappa shape index (κ2) is 6.45. The average molecular weight is 329 g/mol. The molecule has 1 aliphatic carbocycles. The van der Waals surface area contributed by atoms with Gasteiger partial charge in [0.05, 0.1) is 16.1 Å². The minimum absolute atomic E-state index is 0.119. The highest BCUT2D eigenvalue weighted by atomic mass is 35.5. The molecule has 0 aromatic heterocycles. The molecule has 1 unspecified atom stereocenters. The van der Waals surface area contributed by atoms with Crippen LogP contribution in [-0.4, -0.2) is 24.4 Å². The van der Waals surface area contributed by atoms with Crippen LogP contribution in [0.1, 0.15) is 44.1 Å². The summed E-state index contributed by atoms with van der Waals surface area (Å²) < 4.78 is 5.41. The molecule has 0 amide bonds. The van der Waals surface area contributed by atoms with Gasteiger partial charge in [0.1, 0.15) is 0 Å². The first-order chi connectivity index (χ1) is 10.1.